The number of hydrogen-bond acceptors (Lipinski definition) is 4. The summed E-state index contributed by atoms with van der Waals surface area (Å²) in [6.45, 7) is 3.41. The average molecular weight is 233 g/mol. The number of carbonyl (C=O) groups is 1. The molecule has 1 atom stereocenters. The number of aromatic nitrogens is 1. The maximum Gasteiger partial charge on any atom is 0.244 e. The number of ether oxygens (including phenoxy) is 1. The fourth-order valence-corrected chi connectivity index (χ4v) is 1.13. The summed E-state index contributed by atoms with van der Waals surface area (Å²) >= 11 is 0. The fourth-order valence-electron chi connectivity index (χ4n) is 1.13. The van der Waals surface area contributed by atoms with E-state index in [-0.39, 0.29) is 5.91 Å². The molecule has 1 N–H and O–H groups in total. The van der Waals surface area contributed by atoms with Crippen LogP contribution in [0.1, 0.15) is 20.3 Å². The first kappa shape index (κ1) is 13.0. The van der Waals surface area contributed by atoms with Crippen molar-refractivity contribution in [1.82, 2.24) is 4.98 Å². The van der Waals surface area contributed by atoms with Crippen molar-refractivity contribution >= 4 is 11.6 Å². The molecular formula is C12H15N3O2. The van der Waals surface area contributed by atoms with Crippen molar-refractivity contribution in [2.24, 2.45) is 5.41 Å². The van der Waals surface area contributed by atoms with Crippen LogP contribution >= 0.6 is 0 Å². The lowest BCUT2D eigenvalue weighted by atomic mass is 9.88. The number of nitriles is 1. The molecule has 5 heteroatoms. The van der Waals surface area contributed by atoms with Crippen LogP contribution < -0.4 is 10.1 Å². The minimum absolute atomic E-state index is 0.325. The van der Waals surface area contributed by atoms with Gasteiger partial charge >= 0.3 is 0 Å². The van der Waals surface area contributed by atoms with Crippen molar-refractivity contribution in [3.8, 4) is 11.9 Å². The molecule has 0 fully saturated rings. The third kappa shape index (κ3) is 2.94. The van der Waals surface area contributed by atoms with Gasteiger partial charge < -0.3 is 10.1 Å². The number of rotatable bonds is 4. The van der Waals surface area contributed by atoms with Gasteiger partial charge in [0.2, 0.25) is 11.8 Å². The Balaban J connectivity index is 2.78. The van der Waals surface area contributed by atoms with Crippen molar-refractivity contribution in [1.29, 1.82) is 5.26 Å². The van der Waals surface area contributed by atoms with Gasteiger partial charge in [-0.05, 0) is 19.4 Å². The largest absolute Gasteiger partial charge is 0.481 e. The van der Waals surface area contributed by atoms with E-state index in [1.807, 2.05) is 6.07 Å². The Morgan fingerprint density at radius 1 is 1.65 bits per heavy atom. The van der Waals surface area contributed by atoms with Crippen molar-refractivity contribution in [3.05, 3.63) is 18.3 Å². The van der Waals surface area contributed by atoms with Gasteiger partial charge in [0.1, 0.15) is 5.41 Å². The Kier molecular flexibility index (Phi) is 4.05. The highest BCUT2D eigenvalue weighted by Crippen LogP contribution is 2.22. The van der Waals surface area contributed by atoms with Crippen LogP contribution in [-0.2, 0) is 4.79 Å². The normalized spacial score (nSPS) is 13.3. The van der Waals surface area contributed by atoms with Crippen LogP contribution in [-0.4, -0.2) is 18.0 Å². The fraction of sp³-hybridized carbons (Fsp3) is 0.417. The molecule has 0 aromatic carbocycles. The zero-order valence-electron chi connectivity index (χ0n) is 10.2. The number of methoxy groups -OCH3 is 1. The molecule has 1 aromatic heterocycles. The van der Waals surface area contributed by atoms with Gasteiger partial charge in [-0.25, -0.2) is 4.98 Å². The molecule has 5 nitrogen and oxygen atoms in total. The van der Waals surface area contributed by atoms with Gasteiger partial charge in [-0.3, -0.25) is 4.79 Å². The highest BCUT2D eigenvalue weighted by Gasteiger charge is 2.31. The minimum Gasteiger partial charge on any atom is -0.481 e. The molecule has 1 aromatic rings. The molecular weight excluding hydrogens is 218 g/mol. The number of pyridine rings is 1. The number of nitrogens with one attached hydrogen (secondary N) is 1. The Bertz CT molecular complexity index is 436. The van der Waals surface area contributed by atoms with Gasteiger partial charge in [0.25, 0.3) is 0 Å². The summed E-state index contributed by atoms with van der Waals surface area (Å²) in [4.78, 5) is 15.8. The van der Waals surface area contributed by atoms with Gasteiger partial charge in [-0.1, -0.05) is 6.92 Å². The summed E-state index contributed by atoms with van der Waals surface area (Å²) in [6, 6.07) is 5.34. The Labute approximate surface area is 100 Å². The first-order chi connectivity index (χ1) is 8.05. The van der Waals surface area contributed by atoms with Crippen LogP contribution in [0.3, 0.4) is 0 Å². The molecule has 0 aliphatic heterocycles. The molecule has 1 amide bonds. The molecule has 0 aliphatic rings. The van der Waals surface area contributed by atoms with Crippen LogP contribution in [0.4, 0.5) is 5.69 Å². The highest BCUT2D eigenvalue weighted by molar-refractivity contribution is 5.96. The molecule has 17 heavy (non-hydrogen) atoms. The first-order valence-corrected chi connectivity index (χ1v) is 5.28. The van der Waals surface area contributed by atoms with E-state index in [9.17, 15) is 4.79 Å². The van der Waals surface area contributed by atoms with Crippen molar-refractivity contribution < 1.29 is 9.53 Å². The van der Waals surface area contributed by atoms with E-state index < -0.39 is 5.41 Å². The van der Waals surface area contributed by atoms with Gasteiger partial charge in [0.15, 0.2) is 0 Å². The Morgan fingerprint density at radius 2 is 2.35 bits per heavy atom. The second-order valence-electron chi connectivity index (χ2n) is 3.84. The molecule has 1 rings (SSSR count). The van der Waals surface area contributed by atoms with Crippen LogP contribution in [0.15, 0.2) is 18.3 Å². The van der Waals surface area contributed by atoms with Gasteiger partial charge in [0, 0.05) is 6.07 Å². The van der Waals surface area contributed by atoms with Crippen LogP contribution in [0.25, 0.3) is 0 Å². The van der Waals surface area contributed by atoms with E-state index in [1.54, 1.807) is 26.0 Å². The average Bonchev–Trinajstić information content (AvgIpc) is 2.38. The smallest absolute Gasteiger partial charge is 0.244 e. The first-order valence-electron chi connectivity index (χ1n) is 5.28. The lowest BCUT2D eigenvalue weighted by molar-refractivity contribution is -0.122. The predicted octanol–water partition coefficient (Wildman–Crippen LogP) is 1.97. The van der Waals surface area contributed by atoms with Crippen LogP contribution in [0.2, 0.25) is 0 Å². The summed E-state index contributed by atoms with van der Waals surface area (Å²) in [6.07, 6.45) is 1.95. The van der Waals surface area contributed by atoms with Crippen LogP contribution in [0.5, 0.6) is 5.88 Å². The van der Waals surface area contributed by atoms with E-state index >= 15 is 0 Å². The highest BCUT2D eigenvalue weighted by atomic mass is 16.5. The van der Waals surface area contributed by atoms with Crippen LogP contribution in [0, 0.1) is 16.7 Å². The predicted molar refractivity (Wildman–Crippen MR) is 63.4 cm³/mol. The minimum atomic E-state index is -1.01. The zero-order chi connectivity index (χ0) is 12.9. The monoisotopic (exact) mass is 233 g/mol. The third-order valence-corrected chi connectivity index (χ3v) is 2.66. The maximum atomic E-state index is 11.9. The number of amides is 1. The summed E-state index contributed by atoms with van der Waals surface area (Å²) in [5, 5.41) is 11.6. The molecule has 1 heterocycles. The third-order valence-electron chi connectivity index (χ3n) is 2.66. The maximum absolute atomic E-state index is 11.9. The molecule has 0 aliphatic carbocycles. The number of nitrogens with zero attached hydrogens (tertiary/aromatic N) is 2. The van der Waals surface area contributed by atoms with Crippen molar-refractivity contribution in [3.63, 3.8) is 0 Å². The second kappa shape index (κ2) is 5.30. The summed E-state index contributed by atoms with van der Waals surface area (Å²) in [5.41, 5.74) is -0.467. The summed E-state index contributed by atoms with van der Waals surface area (Å²) in [7, 11) is 1.52. The molecule has 0 bridgehead atoms. The zero-order valence-corrected chi connectivity index (χ0v) is 10.2. The molecule has 0 spiro atoms. The number of carbonyl (C=O) groups excluding carboxylic acids is 1. The van der Waals surface area contributed by atoms with E-state index in [2.05, 4.69) is 10.3 Å². The number of hydrogen-bond donors (Lipinski definition) is 1. The van der Waals surface area contributed by atoms with Crippen molar-refractivity contribution in [2.45, 2.75) is 20.3 Å². The summed E-state index contributed by atoms with van der Waals surface area (Å²) < 4.78 is 4.91. The standard InChI is InChI=1S/C12H15N3O2/c1-4-12(2,8-13)11(16)15-9-5-6-10(17-3)14-7-9/h5-7H,4H2,1-3H3,(H,15,16). The number of anilines is 1. The van der Waals surface area contributed by atoms with Crippen molar-refractivity contribution in [2.75, 3.05) is 12.4 Å². The molecule has 1 unspecified atom stereocenters. The van der Waals surface area contributed by atoms with E-state index in [0.29, 0.717) is 18.0 Å². The second-order valence-corrected chi connectivity index (χ2v) is 3.84. The van der Waals surface area contributed by atoms with Gasteiger partial charge in [0.05, 0.1) is 25.1 Å². The quantitative estimate of drug-likeness (QED) is 0.862. The summed E-state index contributed by atoms with van der Waals surface area (Å²) in [5.74, 6) is 0.149. The van der Waals surface area contributed by atoms with Gasteiger partial charge in [-0.2, -0.15) is 5.26 Å². The Hall–Kier alpha value is -2.09. The van der Waals surface area contributed by atoms with E-state index in [0.717, 1.165) is 0 Å². The lowest BCUT2D eigenvalue weighted by Crippen LogP contribution is -2.31. The van der Waals surface area contributed by atoms with E-state index in [1.165, 1.54) is 13.3 Å². The topological polar surface area (TPSA) is 75.0 Å². The molecule has 90 valence electrons. The SMILES string of the molecule is CCC(C)(C#N)C(=O)Nc1ccc(OC)nc1. The Morgan fingerprint density at radius 3 is 2.76 bits per heavy atom. The molecule has 0 radical (unpaired) electrons. The van der Waals surface area contributed by atoms with E-state index in [4.69, 9.17) is 10.00 Å². The lowest BCUT2D eigenvalue weighted by Gasteiger charge is -2.18. The molecule has 0 saturated heterocycles. The van der Waals surface area contributed by atoms with Gasteiger partial charge in [-0.15, -0.1) is 0 Å². The molecule has 0 saturated carbocycles.